The van der Waals surface area contributed by atoms with Gasteiger partial charge in [0.2, 0.25) is 0 Å². The number of aliphatic hydroxyl groups is 1. The average molecular weight is 298 g/mol. The molecule has 2 N–H and O–H groups in total. The van der Waals surface area contributed by atoms with E-state index in [2.05, 4.69) is 0 Å². The first-order valence-corrected chi connectivity index (χ1v) is 5.97. The smallest absolute Gasteiger partial charge is 0.326 e. The Hall–Kier alpha value is -2.55. The molecule has 2 rings (SSSR count). The number of nitro benzene ring substituents is 1. The lowest BCUT2D eigenvalue weighted by molar-refractivity contribution is -0.385. The predicted molar refractivity (Wildman–Crippen MR) is 66.1 cm³/mol. The number of hydrogen-bond acceptors (Lipinski definition) is 5. The molecule has 0 saturated carbocycles. The summed E-state index contributed by atoms with van der Waals surface area (Å²) in [5, 5.41) is 29.4. The zero-order chi connectivity index (χ0) is 15.7. The van der Waals surface area contributed by atoms with Gasteiger partial charge in [-0.2, -0.15) is 0 Å². The molecule has 0 spiro atoms. The second kappa shape index (κ2) is 5.44. The third kappa shape index (κ3) is 2.82. The highest BCUT2D eigenvalue weighted by Crippen LogP contribution is 2.26. The Labute approximate surface area is 117 Å². The number of aliphatic carboxylic acids is 1. The van der Waals surface area contributed by atoms with Crippen molar-refractivity contribution in [3.8, 4) is 0 Å². The van der Waals surface area contributed by atoms with Gasteiger partial charge in [-0.25, -0.2) is 9.18 Å². The molecule has 8 nitrogen and oxygen atoms in total. The highest BCUT2D eigenvalue weighted by molar-refractivity contribution is 6.00. The number of amides is 1. The fourth-order valence-corrected chi connectivity index (χ4v) is 2.26. The lowest BCUT2D eigenvalue weighted by atomic mass is 10.1. The first-order chi connectivity index (χ1) is 9.81. The second-order valence-electron chi connectivity index (χ2n) is 4.62. The van der Waals surface area contributed by atoms with Gasteiger partial charge < -0.3 is 15.1 Å². The van der Waals surface area contributed by atoms with Gasteiger partial charge in [-0.1, -0.05) is 0 Å². The topological polar surface area (TPSA) is 121 Å². The summed E-state index contributed by atoms with van der Waals surface area (Å²) < 4.78 is 13.1. The van der Waals surface area contributed by atoms with Crippen molar-refractivity contribution in [1.82, 2.24) is 4.90 Å². The van der Waals surface area contributed by atoms with E-state index >= 15 is 0 Å². The second-order valence-corrected chi connectivity index (χ2v) is 4.62. The number of nitro groups is 1. The van der Waals surface area contributed by atoms with Gasteiger partial charge in [0, 0.05) is 13.0 Å². The lowest BCUT2D eigenvalue weighted by Crippen LogP contribution is -2.40. The summed E-state index contributed by atoms with van der Waals surface area (Å²) in [4.78, 5) is 34.1. The molecule has 21 heavy (non-hydrogen) atoms. The molecule has 0 radical (unpaired) electrons. The lowest BCUT2D eigenvalue weighted by Gasteiger charge is -2.21. The molecule has 1 unspecified atom stereocenters. The summed E-state index contributed by atoms with van der Waals surface area (Å²) >= 11 is 0. The SMILES string of the molecule is O=C(O)[C@@H]1CC(O)CN1C(=O)c1ccc(F)cc1[N+](=O)[O-]. The Bertz CT molecular complexity index is 620. The molecule has 1 saturated heterocycles. The monoisotopic (exact) mass is 298 g/mol. The molecule has 1 heterocycles. The molecule has 1 amide bonds. The summed E-state index contributed by atoms with van der Waals surface area (Å²) in [5.74, 6) is -3.12. The first kappa shape index (κ1) is 14.9. The molecule has 1 aromatic carbocycles. The zero-order valence-corrected chi connectivity index (χ0v) is 10.6. The van der Waals surface area contributed by atoms with Gasteiger partial charge in [-0.15, -0.1) is 0 Å². The van der Waals surface area contributed by atoms with Crippen molar-refractivity contribution in [1.29, 1.82) is 0 Å². The van der Waals surface area contributed by atoms with Crippen LogP contribution in [0.15, 0.2) is 18.2 Å². The number of carboxylic acid groups (broad SMARTS) is 1. The van der Waals surface area contributed by atoms with Crippen LogP contribution in [0, 0.1) is 15.9 Å². The van der Waals surface area contributed by atoms with E-state index in [0.717, 1.165) is 17.0 Å². The summed E-state index contributed by atoms with van der Waals surface area (Å²) in [6.45, 7) is -0.246. The molecule has 1 aliphatic heterocycles. The number of rotatable bonds is 3. The quantitative estimate of drug-likeness (QED) is 0.615. The van der Waals surface area contributed by atoms with Gasteiger partial charge in [0.25, 0.3) is 11.6 Å². The molecule has 1 fully saturated rings. The molecule has 2 atom stereocenters. The molecule has 1 aromatic rings. The summed E-state index contributed by atoms with van der Waals surface area (Å²) in [6, 6.07) is 1.13. The number of carboxylic acids is 1. The van der Waals surface area contributed by atoms with Gasteiger partial charge in [0.05, 0.1) is 17.1 Å². The first-order valence-electron chi connectivity index (χ1n) is 5.97. The molecule has 0 aromatic heterocycles. The fourth-order valence-electron chi connectivity index (χ4n) is 2.26. The van der Waals surface area contributed by atoms with E-state index in [1.54, 1.807) is 0 Å². The Kier molecular flexibility index (Phi) is 3.85. The number of likely N-dealkylation sites (tertiary alicyclic amines) is 1. The maximum atomic E-state index is 13.1. The number of aliphatic hydroxyl groups excluding tert-OH is 1. The average Bonchev–Trinajstić information content (AvgIpc) is 2.80. The van der Waals surface area contributed by atoms with E-state index in [9.17, 15) is 29.2 Å². The van der Waals surface area contributed by atoms with E-state index in [1.807, 2.05) is 0 Å². The number of benzene rings is 1. The van der Waals surface area contributed by atoms with Crippen LogP contribution in [0.4, 0.5) is 10.1 Å². The summed E-state index contributed by atoms with van der Waals surface area (Å²) in [6.07, 6.45) is -1.18. The van der Waals surface area contributed by atoms with E-state index in [0.29, 0.717) is 6.07 Å². The number of halogens is 1. The Morgan fingerprint density at radius 2 is 2.10 bits per heavy atom. The Morgan fingerprint density at radius 1 is 1.43 bits per heavy atom. The highest BCUT2D eigenvalue weighted by Gasteiger charge is 2.40. The van der Waals surface area contributed by atoms with Crippen molar-refractivity contribution in [2.24, 2.45) is 0 Å². The van der Waals surface area contributed by atoms with Gasteiger partial charge in [-0.05, 0) is 12.1 Å². The van der Waals surface area contributed by atoms with Gasteiger partial charge in [0.1, 0.15) is 17.4 Å². The van der Waals surface area contributed by atoms with Crippen LogP contribution in [0.1, 0.15) is 16.8 Å². The third-order valence-corrected chi connectivity index (χ3v) is 3.21. The largest absolute Gasteiger partial charge is 0.480 e. The van der Waals surface area contributed by atoms with Crippen LogP contribution in [0.25, 0.3) is 0 Å². The van der Waals surface area contributed by atoms with Crippen molar-refractivity contribution in [2.45, 2.75) is 18.6 Å². The Balaban J connectivity index is 2.40. The van der Waals surface area contributed by atoms with Crippen LogP contribution in [0.2, 0.25) is 0 Å². The summed E-state index contributed by atoms with van der Waals surface area (Å²) in [7, 11) is 0. The van der Waals surface area contributed by atoms with Crippen LogP contribution in [0.5, 0.6) is 0 Å². The molecule has 112 valence electrons. The molecular weight excluding hydrogens is 287 g/mol. The number of nitrogens with zero attached hydrogens (tertiary/aromatic N) is 2. The minimum atomic E-state index is -1.32. The fraction of sp³-hybridized carbons (Fsp3) is 0.333. The minimum absolute atomic E-state index is 0.157. The van der Waals surface area contributed by atoms with E-state index in [-0.39, 0.29) is 13.0 Å². The number of carbonyl (C=O) groups is 2. The van der Waals surface area contributed by atoms with Crippen LogP contribution >= 0.6 is 0 Å². The zero-order valence-electron chi connectivity index (χ0n) is 10.6. The van der Waals surface area contributed by atoms with Crippen molar-refractivity contribution in [3.63, 3.8) is 0 Å². The maximum absolute atomic E-state index is 13.1. The third-order valence-electron chi connectivity index (χ3n) is 3.21. The van der Waals surface area contributed by atoms with Gasteiger partial charge >= 0.3 is 5.97 Å². The van der Waals surface area contributed by atoms with Crippen molar-refractivity contribution < 1.29 is 29.1 Å². The molecule has 0 bridgehead atoms. The number of β-amino-alcohol motifs (C(OH)–C–C–N with tert-alkyl or cyclic N) is 1. The van der Waals surface area contributed by atoms with Gasteiger partial charge in [-0.3, -0.25) is 14.9 Å². The molecule has 1 aliphatic rings. The van der Waals surface area contributed by atoms with E-state index in [1.165, 1.54) is 0 Å². The standard InChI is InChI=1S/C12H11FN2O6/c13-6-1-2-8(9(3-6)15(20)21)11(17)14-5-7(16)4-10(14)12(18)19/h1-3,7,10,16H,4-5H2,(H,18,19)/t7?,10-/m0/s1. The van der Waals surface area contributed by atoms with Crippen LogP contribution in [0.3, 0.4) is 0 Å². The van der Waals surface area contributed by atoms with Crippen LogP contribution in [-0.4, -0.2) is 50.6 Å². The normalized spacial score (nSPS) is 21.3. The predicted octanol–water partition coefficient (Wildman–Crippen LogP) is 0.394. The number of hydrogen-bond donors (Lipinski definition) is 2. The highest BCUT2D eigenvalue weighted by atomic mass is 19.1. The maximum Gasteiger partial charge on any atom is 0.326 e. The minimum Gasteiger partial charge on any atom is -0.480 e. The van der Waals surface area contributed by atoms with Crippen molar-refractivity contribution in [2.75, 3.05) is 6.54 Å². The van der Waals surface area contributed by atoms with Crippen molar-refractivity contribution >= 4 is 17.6 Å². The summed E-state index contributed by atoms with van der Waals surface area (Å²) in [5.41, 5.74) is -1.16. The van der Waals surface area contributed by atoms with E-state index in [4.69, 9.17) is 5.11 Å². The van der Waals surface area contributed by atoms with Crippen molar-refractivity contribution in [3.05, 3.63) is 39.7 Å². The van der Waals surface area contributed by atoms with Crippen LogP contribution in [-0.2, 0) is 4.79 Å². The van der Waals surface area contributed by atoms with Gasteiger partial charge in [0.15, 0.2) is 0 Å². The number of carbonyl (C=O) groups excluding carboxylic acids is 1. The molecule has 9 heteroatoms. The van der Waals surface area contributed by atoms with E-state index < -0.39 is 46.0 Å². The van der Waals surface area contributed by atoms with Crippen LogP contribution < -0.4 is 0 Å². The Morgan fingerprint density at radius 3 is 2.67 bits per heavy atom. The molecular formula is C12H11FN2O6. The molecule has 0 aliphatic carbocycles.